The summed E-state index contributed by atoms with van der Waals surface area (Å²) in [5.74, 6) is 0.732. The van der Waals surface area contributed by atoms with Crippen LogP contribution in [0.2, 0.25) is 0 Å². The van der Waals surface area contributed by atoms with Gasteiger partial charge in [-0.15, -0.1) is 0 Å². The number of rotatable bonds is 2. The van der Waals surface area contributed by atoms with Gasteiger partial charge in [0, 0.05) is 24.2 Å². The van der Waals surface area contributed by atoms with Crippen molar-refractivity contribution in [1.29, 1.82) is 0 Å². The van der Waals surface area contributed by atoms with Crippen LogP contribution in [-0.2, 0) is 0 Å². The van der Waals surface area contributed by atoms with Gasteiger partial charge < -0.3 is 10.6 Å². The standard InChI is InChI=1S/C13H16N4/c1-9-2-3-12-10(6-9)7-15-13(17-12)16-11-4-5-14-8-11/h2-3,6-7,11,14H,4-5,8H2,1H3,(H,15,16,17)/t11-/m1/s1. The minimum atomic E-state index is 0.456. The van der Waals surface area contributed by atoms with Crippen molar-refractivity contribution in [3.05, 3.63) is 30.0 Å². The molecule has 0 aliphatic carbocycles. The van der Waals surface area contributed by atoms with Gasteiger partial charge in [0.25, 0.3) is 0 Å². The third kappa shape index (κ3) is 2.22. The largest absolute Gasteiger partial charge is 0.350 e. The molecule has 2 N–H and O–H groups in total. The summed E-state index contributed by atoms with van der Waals surface area (Å²) in [6.07, 6.45) is 3.02. The van der Waals surface area contributed by atoms with Crippen molar-refractivity contribution in [3.8, 4) is 0 Å². The van der Waals surface area contributed by atoms with Gasteiger partial charge in [0.15, 0.2) is 0 Å². The molecule has 1 aromatic carbocycles. The van der Waals surface area contributed by atoms with Crippen LogP contribution in [-0.4, -0.2) is 29.1 Å². The first-order valence-electron chi connectivity index (χ1n) is 6.02. The topological polar surface area (TPSA) is 49.8 Å². The van der Waals surface area contributed by atoms with Gasteiger partial charge >= 0.3 is 0 Å². The summed E-state index contributed by atoms with van der Waals surface area (Å²) in [4.78, 5) is 8.89. The maximum atomic E-state index is 4.53. The summed E-state index contributed by atoms with van der Waals surface area (Å²) >= 11 is 0. The number of fused-ring (bicyclic) bond motifs is 1. The lowest BCUT2D eigenvalue weighted by molar-refractivity contribution is 0.782. The maximum absolute atomic E-state index is 4.53. The fourth-order valence-electron chi connectivity index (χ4n) is 2.18. The molecule has 0 radical (unpaired) electrons. The summed E-state index contributed by atoms with van der Waals surface area (Å²) in [5, 5.41) is 7.78. The quantitative estimate of drug-likeness (QED) is 0.821. The average Bonchev–Trinajstić information content (AvgIpc) is 2.82. The number of nitrogens with one attached hydrogen (secondary N) is 2. The Morgan fingerprint density at radius 1 is 1.41 bits per heavy atom. The van der Waals surface area contributed by atoms with E-state index in [0.29, 0.717) is 6.04 Å². The van der Waals surface area contributed by atoms with E-state index in [1.54, 1.807) is 0 Å². The summed E-state index contributed by atoms with van der Waals surface area (Å²) < 4.78 is 0. The lowest BCUT2D eigenvalue weighted by atomic mass is 10.2. The van der Waals surface area contributed by atoms with Crippen molar-refractivity contribution >= 4 is 16.9 Å². The third-order valence-electron chi connectivity index (χ3n) is 3.13. The first-order chi connectivity index (χ1) is 8.31. The normalized spacial score (nSPS) is 19.7. The predicted molar refractivity (Wildman–Crippen MR) is 69.2 cm³/mol. The highest BCUT2D eigenvalue weighted by Crippen LogP contribution is 2.15. The minimum Gasteiger partial charge on any atom is -0.350 e. The van der Waals surface area contributed by atoms with E-state index in [2.05, 4.69) is 39.7 Å². The summed E-state index contributed by atoms with van der Waals surface area (Å²) in [7, 11) is 0. The molecule has 0 amide bonds. The second-order valence-electron chi connectivity index (χ2n) is 4.59. The smallest absolute Gasteiger partial charge is 0.223 e. The fourth-order valence-corrected chi connectivity index (χ4v) is 2.18. The van der Waals surface area contributed by atoms with Gasteiger partial charge in [0.1, 0.15) is 0 Å². The van der Waals surface area contributed by atoms with Crippen molar-refractivity contribution in [1.82, 2.24) is 15.3 Å². The molecule has 0 saturated carbocycles. The molecule has 1 saturated heterocycles. The van der Waals surface area contributed by atoms with E-state index in [0.717, 1.165) is 36.4 Å². The zero-order valence-electron chi connectivity index (χ0n) is 9.90. The van der Waals surface area contributed by atoms with Gasteiger partial charge in [-0.05, 0) is 32.0 Å². The van der Waals surface area contributed by atoms with Gasteiger partial charge in [-0.1, -0.05) is 11.6 Å². The zero-order chi connectivity index (χ0) is 11.7. The van der Waals surface area contributed by atoms with Crippen LogP contribution in [0.15, 0.2) is 24.4 Å². The number of aryl methyl sites for hydroxylation is 1. The Morgan fingerprint density at radius 3 is 3.18 bits per heavy atom. The van der Waals surface area contributed by atoms with Crippen LogP contribution in [0.25, 0.3) is 10.9 Å². The van der Waals surface area contributed by atoms with E-state index >= 15 is 0 Å². The lowest BCUT2D eigenvalue weighted by Gasteiger charge is -2.11. The lowest BCUT2D eigenvalue weighted by Crippen LogP contribution is -2.23. The zero-order valence-corrected chi connectivity index (χ0v) is 9.90. The monoisotopic (exact) mass is 228 g/mol. The maximum Gasteiger partial charge on any atom is 0.223 e. The number of anilines is 1. The van der Waals surface area contributed by atoms with E-state index in [9.17, 15) is 0 Å². The third-order valence-corrected chi connectivity index (χ3v) is 3.13. The molecule has 1 aromatic heterocycles. The van der Waals surface area contributed by atoms with E-state index < -0.39 is 0 Å². The fraction of sp³-hybridized carbons (Fsp3) is 0.385. The second kappa shape index (κ2) is 4.30. The molecule has 0 bridgehead atoms. The van der Waals surface area contributed by atoms with Crippen LogP contribution in [0.5, 0.6) is 0 Å². The molecule has 1 aliphatic rings. The van der Waals surface area contributed by atoms with E-state index in [-0.39, 0.29) is 0 Å². The van der Waals surface area contributed by atoms with E-state index in [1.807, 2.05) is 12.3 Å². The molecule has 2 aromatic rings. The second-order valence-corrected chi connectivity index (χ2v) is 4.59. The predicted octanol–water partition coefficient (Wildman–Crippen LogP) is 1.71. The molecule has 1 atom stereocenters. The molecule has 3 rings (SSSR count). The van der Waals surface area contributed by atoms with Crippen molar-refractivity contribution in [2.45, 2.75) is 19.4 Å². The Hall–Kier alpha value is -1.68. The average molecular weight is 228 g/mol. The van der Waals surface area contributed by atoms with Crippen LogP contribution >= 0.6 is 0 Å². The number of hydrogen-bond acceptors (Lipinski definition) is 4. The molecule has 88 valence electrons. The molecule has 0 spiro atoms. The first-order valence-corrected chi connectivity index (χ1v) is 6.02. The summed E-state index contributed by atoms with van der Waals surface area (Å²) in [6.45, 7) is 4.15. The number of aromatic nitrogens is 2. The van der Waals surface area contributed by atoms with E-state index in [1.165, 1.54) is 5.56 Å². The minimum absolute atomic E-state index is 0.456. The van der Waals surface area contributed by atoms with Crippen molar-refractivity contribution < 1.29 is 0 Å². The van der Waals surface area contributed by atoms with Crippen molar-refractivity contribution in [2.75, 3.05) is 18.4 Å². The number of hydrogen-bond donors (Lipinski definition) is 2. The van der Waals surface area contributed by atoms with E-state index in [4.69, 9.17) is 0 Å². The summed E-state index contributed by atoms with van der Waals surface area (Å²) in [5.41, 5.74) is 2.24. The van der Waals surface area contributed by atoms with Crippen LogP contribution < -0.4 is 10.6 Å². The molecule has 0 unspecified atom stereocenters. The molecule has 17 heavy (non-hydrogen) atoms. The van der Waals surface area contributed by atoms with Crippen molar-refractivity contribution in [3.63, 3.8) is 0 Å². The van der Waals surface area contributed by atoms with Gasteiger partial charge in [-0.3, -0.25) is 0 Å². The Morgan fingerprint density at radius 2 is 2.35 bits per heavy atom. The first kappa shape index (κ1) is 10.5. The highest BCUT2D eigenvalue weighted by molar-refractivity contribution is 5.79. The Bertz CT molecular complexity index is 532. The molecule has 1 aliphatic heterocycles. The van der Waals surface area contributed by atoms with Gasteiger partial charge in [0.2, 0.25) is 5.95 Å². The van der Waals surface area contributed by atoms with Gasteiger partial charge in [0.05, 0.1) is 5.52 Å². The Labute approximate surface area is 100 Å². The van der Waals surface area contributed by atoms with Gasteiger partial charge in [-0.25, -0.2) is 9.97 Å². The van der Waals surface area contributed by atoms with Crippen LogP contribution in [0, 0.1) is 6.92 Å². The summed E-state index contributed by atoms with van der Waals surface area (Å²) in [6, 6.07) is 6.69. The molecule has 4 nitrogen and oxygen atoms in total. The number of benzene rings is 1. The molecular weight excluding hydrogens is 212 g/mol. The van der Waals surface area contributed by atoms with Crippen molar-refractivity contribution in [2.24, 2.45) is 0 Å². The van der Waals surface area contributed by atoms with Crippen LogP contribution in [0.1, 0.15) is 12.0 Å². The number of nitrogens with zero attached hydrogens (tertiary/aromatic N) is 2. The van der Waals surface area contributed by atoms with Crippen LogP contribution in [0.3, 0.4) is 0 Å². The van der Waals surface area contributed by atoms with Crippen LogP contribution in [0.4, 0.5) is 5.95 Å². The SMILES string of the molecule is Cc1ccc2nc(N[C@@H]3CCNC3)ncc2c1. The van der Waals surface area contributed by atoms with Gasteiger partial charge in [-0.2, -0.15) is 0 Å². The molecule has 4 heteroatoms. The Balaban J connectivity index is 1.88. The Kier molecular flexibility index (Phi) is 2.65. The molecule has 2 heterocycles. The highest BCUT2D eigenvalue weighted by atomic mass is 15.1. The molecule has 1 fully saturated rings. The highest BCUT2D eigenvalue weighted by Gasteiger charge is 2.14. The molecular formula is C13H16N4.